The van der Waals surface area contributed by atoms with Gasteiger partial charge < -0.3 is 10.1 Å². The van der Waals surface area contributed by atoms with Crippen molar-refractivity contribution in [3.63, 3.8) is 0 Å². The first-order chi connectivity index (χ1) is 14.4. The minimum atomic E-state index is -0.328. The van der Waals surface area contributed by atoms with E-state index in [9.17, 15) is 4.79 Å². The van der Waals surface area contributed by atoms with E-state index in [1.807, 2.05) is 43.3 Å². The zero-order valence-electron chi connectivity index (χ0n) is 18.4. The number of carbonyl (C=O) groups is 1. The maximum atomic E-state index is 12.4. The summed E-state index contributed by atoms with van der Waals surface area (Å²) >= 11 is 0. The van der Waals surface area contributed by atoms with E-state index in [1.165, 1.54) is 0 Å². The topological polar surface area (TPSA) is 51.2 Å². The lowest BCUT2D eigenvalue weighted by Gasteiger charge is -2.17. The number of aromatic nitrogens is 1. The van der Waals surface area contributed by atoms with Gasteiger partial charge in [0.25, 0.3) is 0 Å². The average molecular weight is 403 g/mol. The van der Waals surface area contributed by atoms with Crippen LogP contribution in [0, 0.1) is 0 Å². The molecule has 0 fully saturated rings. The Kier molecular flexibility index (Phi) is 6.88. The first-order valence-corrected chi connectivity index (χ1v) is 10.5. The summed E-state index contributed by atoms with van der Waals surface area (Å²) in [5.74, 6) is 0.352. The number of esters is 1. The second kappa shape index (κ2) is 9.57. The van der Waals surface area contributed by atoms with Crippen LogP contribution in [-0.4, -0.2) is 17.6 Å². The highest BCUT2D eigenvalue weighted by molar-refractivity contribution is 5.97. The van der Waals surface area contributed by atoms with Crippen molar-refractivity contribution in [3.8, 4) is 11.1 Å². The molecule has 0 amide bonds. The molecule has 30 heavy (non-hydrogen) atoms. The summed E-state index contributed by atoms with van der Waals surface area (Å²) < 4.78 is 5.22. The molecule has 0 saturated carbocycles. The summed E-state index contributed by atoms with van der Waals surface area (Å²) in [4.78, 5) is 17.2. The average Bonchev–Trinajstić information content (AvgIpc) is 2.74. The normalized spacial score (nSPS) is 11.0. The van der Waals surface area contributed by atoms with Gasteiger partial charge in [0.2, 0.25) is 0 Å². The van der Waals surface area contributed by atoms with E-state index in [-0.39, 0.29) is 5.97 Å². The smallest absolute Gasteiger partial charge is 0.340 e. The number of benzene rings is 2. The van der Waals surface area contributed by atoms with Crippen LogP contribution in [0.15, 0.2) is 60.7 Å². The van der Waals surface area contributed by atoms with E-state index in [1.54, 1.807) is 6.07 Å². The number of nitrogens with one attached hydrogen (secondary N) is 1. The van der Waals surface area contributed by atoms with Crippen LogP contribution in [-0.2, 0) is 4.74 Å². The largest absolute Gasteiger partial charge is 0.462 e. The molecule has 3 rings (SSSR count). The van der Waals surface area contributed by atoms with Gasteiger partial charge in [0, 0.05) is 22.6 Å². The lowest BCUT2D eigenvalue weighted by Crippen LogP contribution is -2.08. The molecule has 4 nitrogen and oxygen atoms in total. The van der Waals surface area contributed by atoms with Crippen LogP contribution >= 0.6 is 0 Å². The number of hydrogen-bond acceptors (Lipinski definition) is 4. The van der Waals surface area contributed by atoms with Gasteiger partial charge >= 0.3 is 5.97 Å². The number of ether oxygens (including phenoxy) is 1. The highest BCUT2D eigenvalue weighted by Gasteiger charge is 2.15. The van der Waals surface area contributed by atoms with Crippen LogP contribution in [0.25, 0.3) is 11.1 Å². The van der Waals surface area contributed by atoms with Crippen molar-refractivity contribution in [2.45, 2.75) is 46.5 Å². The summed E-state index contributed by atoms with van der Waals surface area (Å²) in [5, 5.41) is 3.46. The van der Waals surface area contributed by atoms with Crippen molar-refractivity contribution < 1.29 is 9.53 Å². The van der Waals surface area contributed by atoms with E-state index in [4.69, 9.17) is 9.72 Å². The first-order valence-electron chi connectivity index (χ1n) is 10.5. The van der Waals surface area contributed by atoms with Crippen LogP contribution in [0.3, 0.4) is 0 Å². The van der Waals surface area contributed by atoms with Crippen molar-refractivity contribution in [2.75, 3.05) is 11.9 Å². The molecule has 3 aromatic rings. The quantitative estimate of drug-likeness (QED) is 0.436. The summed E-state index contributed by atoms with van der Waals surface area (Å²) in [6, 6.07) is 19.9. The zero-order valence-corrected chi connectivity index (χ0v) is 18.4. The number of rotatable bonds is 7. The number of para-hydroxylation sites is 2. The van der Waals surface area contributed by atoms with Gasteiger partial charge in [0.15, 0.2) is 0 Å². The molecule has 0 radical (unpaired) electrons. The van der Waals surface area contributed by atoms with Gasteiger partial charge in [0.1, 0.15) is 0 Å². The molecule has 1 aromatic heterocycles. The number of anilines is 2. The number of hydrogen-bond donors (Lipinski definition) is 1. The molecule has 0 aliphatic carbocycles. The third-order valence-electron chi connectivity index (χ3n) is 4.98. The SMILES string of the molecule is CCOC(=O)c1ccccc1Nc1ccccc1-c1cc(C(C)C)nc(C(C)C)c1. The Morgan fingerprint density at radius 1 is 0.900 bits per heavy atom. The van der Waals surface area contributed by atoms with E-state index in [0.717, 1.165) is 33.9 Å². The van der Waals surface area contributed by atoms with Crippen LogP contribution in [0.1, 0.15) is 68.2 Å². The third kappa shape index (κ3) is 4.88. The Labute approximate surface area is 179 Å². The van der Waals surface area contributed by atoms with E-state index >= 15 is 0 Å². The van der Waals surface area contributed by atoms with E-state index < -0.39 is 0 Å². The fourth-order valence-corrected chi connectivity index (χ4v) is 3.29. The molecule has 0 aliphatic rings. The second-order valence-corrected chi connectivity index (χ2v) is 7.95. The Morgan fingerprint density at radius 2 is 1.47 bits per heavy atom. The molecule has 0 spiro atoms. The number of nitrogens with zero attached hydrogens (tertiary/aromatic N) is 1. The molecule has 0 atom stereocenters. The van der Waals surface area contributed by atoms with Crippen LogP contribution in [0.2, 0.25) is 0 Å². The Bertz CT molecular complexity index is 999. The van der Waals surface area contributed by atoms with Gasteiger partial charge in [-0.15, -0.1) is 0 Å². The molecular formula is C26H30N2O2. The molecule has 0 bridgehead atoms. The van der Waals surface area contributed by atoms with Gasteiger partial charge in [-0.25, -0.2) is 4.79 Å². The molecule has 0 aliphatic heterocycles. The number of pyridine rings is 1. The Morgan fingerprint density at radius 3 is 2.07 bits per heavy atom. The standard InChI is InChI=1S/C26H30N2O2/c1-6-30-26(29)21-12-8-10-14-23(21)27-22-13-9-7-11-20(22)19-15-24(17(2)3)28-25(16-19)18(4)5/h7-18,27H,6H2,1-5H3. The predicted molar refractivity (Wildman–Crippen MR) is 124 cm³/mol. The molecule has 2 aromatic carbocycles. The fraction of sp³-hybridized carbons (Fsp3) is 0.308. The van der Waals surface area contributed by atoms with Gasteiger partial charge in [-0.3, -0.25) is 4.98 Å². The van der Waals surface area contributed by atoms with Gasteiger partial charge in [-0.2, -0.15) is 0 Å². The molecule has 0 unspecified atom stereocenters. The molecular weight excluding hydrogens is 372 g/mol. The van der Waals surface area contributed by atoms with Crippen molar-refractivity contribution in [3.05, 3.63) is 77.6 Å². The third-order valence-corrected chi connectivity index (χ3v) is 4.98. The van der Waals surface area contributed by atoms with E-state index in [2.05, 4.69) is 51.2 Å². The molecule has 0 saturated heterocycles. The van der Waals surface area contributed by atoms with Crippen LogP contribution in [0.5, 0.6) is 0 Å². The summed E-state index contributed by atoms with van der Waals surface area (Å²) in [6.45, 7) is 10.8. The van der Waals surface area contributed by atoms with E-state index in [0.29, 0.717) is 24.0 Å². The lowest BCUT2D eigenvalue weighted by atomic mass is 9.97. The van der Waals surface area contributed by atoms with Crippen molar-refractivity contribution in [1.29, 1.82) is 0 Å². The summed E-state index contributed by atoms with van der Waals surface area (Å²) in [7, 11) is 0. The highest BCUT2D eigenvalue weighted by Crippen LogP contribution is 2.34. The fourth-order valence-electron chi connectivity index (χ4n) is 3.29. The monoisotopic (exact) mass is 402 g/mol. The zero-order chi connectivity index (χ0) is 21.7. The molecule has 4 heteroatoms. The van der Waals surface area contributed by atoms with Crippen LogP contribution in [0.4, 0.5) is 11.4 Å². The van der Waals surface area contributed by atoms with Gasteiger partial charge in [0.05, 0.1) is 17.9 Å². The Hall–Kier alpha value is -3.14. The van der Waals surface area contributed by atoms with Crippen molar-refractivity contribution in [1.82, 2.24) is 4.98 Å². The second-order valence-electron chi connectivity index (χ2n) is 7.95. The first kappa shape index (κ1) is 21.6. The van der Waals surface area contributed by atoms with Crippen molar-refractivity contribution in [2.24, 2.45) is 0 Å². The maximum Gasteiger partial charge on any atom is 0.340 e. The Balaban J connectivity index is 2.06. The minimum Gasteiger partial charge on any atom is -0.462 e. The van der Waals surface area contributed by atoms with Crippen molar-refractivity contribution >= 4 is 17.3 Å². The van der Waals surface area contributed by atoms with Crippen LogP contribution < -0.4 is 5.32 Å². The predicted octanol–water partition coefficient (Wildman–Crippen LogP) is 6.92. The molecule has 1 N–H and O–H groups in total. The molecule has 156 valence electrons. The highest BCUT2D eigenvalue weighted by atomic mass is 16.5. The van der Waals surface area contributed by atoms with Gasteiger partial charge in [-0.05, 0) is 54.7 Å². The maximum absolute atomic E-state index is 12.4. The lowest BCUT2D eigenvalue weighted by molar-refractivity contribution is 0.0527. The molecule has 1 heterocycles. The summed E-state index contributed by atoms with van der Waals surface area (Å²) in [6.07, 6.45) is 0. The minimum absolute atomic E-state index is 0.328. The number of carbonyl (C=O) groups excluding carboxylic acids is 1. The van der Waals surface area contributed by atoms with Gasteiger partial charge in [-0.1, -0.05) is 58.0 Å². The summed E-state index contributed by atoms with van der Waals surface area (Å²) in [5.41, 5.74) is 6.54.